The van der Waals surface area contributed by atoms with Crippen molar-refractivity contribution in [1.82, 2.24) is 0 Å². The van der Waals surface area contributed by atoms with E-state index in [2.05, 4.69) is 51.1 Å². The lowest BCUT2D eigenvalue weighted by Crippen LogP contribution is -2.27. The SMILES string of the molecule is COCC1N=C(C2(C)C=CC(CC(C)C)=CC2)OC1c1ccccc1. The topological polar surface area (TPSA) is 30.8 Å². The lowest BCUT2D eigenvalue weighted by atomic mass is 9.80. The van der Waals surface area contributed by atoms with Gasteiger partial charge < -0.3 is 9.47 Å². The highest BCUT2D eigenvalue weighted by atomic mass is 16.5. The average Bonchev–Trinajstić information content (AvgIpc) is 3.03. The van der Waals surface area contributed by atoms with E-state index >= 15 is 0 Å². The van der Waals surface area contributed by atoms with Gasteiger partial charge in [0.2, 0.25) is 0 Å². The van der Waals surface area contributed by atoms with Crippen LogP contribution in [0.4, 0.5) is 0 Å². The number of rotatable bonds is 6. The van der Waals surface area contributed by atoms with Gasteiger partial charge in [-0.2, -0.15) is 0 Å². The van der Waals surface area contributed by atoms with E-state index in [4.69, 9.17) is 14.5 Å². The summed E-state index contributed by atoms with van der Waals surface area (Å²) in [5.41, 5.74) is 2.40. The fourth-order valence-corrected chi connectivity index (χ4v) is 3.51. The number of ether oxygens (including phenoxy) is 2. The minimum atomic E-state index is -0.171. The summed E-state index contributed by atoms with van der Waals surface area (Å²) in [4.78, 5) is 4.91. The molecule has 0 N–H and O–H groups in total. The Morgan fingerprint density at radius 3 is 2.64 bits per heavy atom. The largest absolute Gasteiger partial charge is 0.470 e. The predicted octanol–water partition coefficient (Wildman–Crippen LogP) is 5.11. The number of hydrogen-bond acceptors (Lipinski definition) is 3. The second-order valence-electron chi connectivity index (χ2n) is 7.74. The molecule has 1 aromatic rings. The van der Waals surface area contributed by atoms with Gasteiger partial charge in [0.15, 0.2) is 5.90 Å². The van der Waals surface area contributed by atoms with Gasteiger partial charge in [0.25, 0.3) is 0 Å². The Hall–Kier alpha value is -1.87. The van der Waals surface area contributed by atoms with E-state index in [0.29, 0.717) is 12.5 Å². The molecular weight excluding hydrogens is 310 g/mol. The van der Waals surface area contributed by atoms with Gasteiger partial charge in [-0.25, -0.2) is 4.99 Å². The molecule has 1 aliphatic heterocycles. The Morgan fingerprint density at radius 2 is 2.04 bits per heavy atom. The van der Waals surface area contributed by atoms with Crippen molar-refractivity contribution < 1.29 is 9.47 Å². The van der Waals surface area contributed by atoms with Crippen LogP contribution in [0.3, 0.4) is 0 Å². The number of aliphatic imine (C=N–C) groups is 1. The summed E-state index contributed by atoms with van der Waals surface area (Å²) >= 11 is 0. The maximum atomic E-state index is 6.36. The summed E-state index contributed by atoms with van der Waals surface area (Å²) in [7, 11) is 1.72. The van der Waals surface area contributed by atoms with Gasteiger partial charge in [0.05, 0.1) is 12.0 Å². The van der Waals surface area contributed by atoms with E-state index < -0.39 is 0 Å². The van der Waals surface area contributed by atoms with Crippen molar-refractivity contribution >= 4 is 5.90 Å². The van der Waals surface area contributed by atoms with Gasteiger partial charge in [-0.1, -0.05) is 68.0 Å². The number of benzene rings is 1. The van der Waals surface area contributed by atoms with Crippen molar-refractivity contribution in [2.75, 3.05) is 13.7 Å². The molecule has 0 fully saturated rings. The molecule has 25 heavy (non-hydrogen) atoms. The summed E-state index contributed by atoms with van der Waals surface area (Å²) in [5.74, 6) is 1.51. The summed E-state index contributed by atoms with van der Waals surface area (Å²) < 4.78 is 11.8. The van der Waals surface area contributed by atoms with E-state index in [1.807, 2.05) is 18.2 Å². The molecule has 0 bridgehead atoms. The summed E-state index contributed by atoms with van der Waals surface area (Å²) in [6, 6.07) is 10.3. The minimum Gasteiger partial charge on any atom is -0.470 e. The maximum Gasteiger partial charge on any atom is 0.194 e. The van der Waals surface area contributed by atoms with Crippen LogP contribution in [0, 0.1) is 11.3 Å². The van der Waals surface area contributed by atoms with E-state index in [-0.39, 0.29) is 17.6 Å². The summed E-state index contributed by atoms with van der Waals surface area (Å²) in [6.07, 6.45) is 8.84. The number of hydrogen-bond donors (Lipinski definition) is 0. The van der Waals surface area contributed by atoms with Crippen molar-refractivity contribution in [3.8, 4) is 0 Å². The Labute approximate surface area is 151 Å². The number of nitrogens with zero attached hydrogens (tertiary/aromatic N) is 1. The molecule has 0 saturated carbocycles. The first-order chi connectivity index (χ1) is 12.0. The molecule has 1 heterocycles. The molecule has 0 saturated heterocycles. The Kier molecular flexibility index (Phi) is 5.43. The number of allylic oxidation sites excluding steroid dienone is 3. The molecule has 0 spiro atoms. The Morgan fingerprint density at radius 1 is 1.28 bits per heavy atom. The molecule has 3 atom stereocenters. The van der Waals surface area contributed by atoms with Crippen molar-refractivity contribution in [3.63, 3.8) is 0 Å². The zero-order chi connectivity index (χ0) is 17.9. The van der Waals surface area contributed by atoms with Gasteiger partial charge in [-0.15, -0.1) is 0 Å². The average molecular weight is 339 g/mol. The van der Waals surface area contributed by atoms with Crippen LogP contribution in [0.1, 0.15) is 45.3 Å². The van der Waals surface area contributed by atoms with Gasteiger partial charge in [0.1, 0.15) is 12.1 Å². The highest BCUT2D eigenvalue weighted by Crippen LogP contribution is 2.40. The molecule has 3 unspecified atom stereocenters. The van der Waals surface area contributed by atoms with Gasteiger partial charge in [-0.3, -0.25) is 0 Å². The molecule has 1 aromatic carbocycles. The molecule has 134 valence electrons. The lowest BCUT2D eigenvalue weighted by Gasteiger charge is -2.28. The van der Waals surface area contributed by atoms with Crippen LogP contribution in [-0.2, 0) is 9.47 Å². The second kappa shape index (κ2) is 7.57. The summed E-state index contributed by atoms with van der Waals surface area (Å²) in [6.45, 7) is 7.29. The maximum absolute atomic E-state index is 6.36. The molecule has 0 aromatic heterocycles. The third-order valence-electron chi connectivity index (χ3n) is 4.92. The smallest absolute Gasteiger partial charge is 0.194 e. The second-order valence-corrected chi connectivity index (χ2v) is 7.74. The molecule has 0 amide bonds. The molecular formula is C22H29NO2. The van der Waals surface area contributed by atoms with E-state index in [1.54, 1.807) is 7.11 Å². The lowest BCUT2D eigenvalue weighted by molar-refractivity contribution is 0.115. The van der Waals surface area contributed by atoms with Crippen LogP contribution in [0.2, 0.25) is 0 Å². The summed E-state index contributed by atoms with van der Waals surface area (Å²) in [5, 5.41) is 0. The van der Waals surface area contributed by atoms with Crippen LogP contribution < -0.4 is 0 Å². The molecule has 3 nitrogen and oxygen atoms in total. The van der Waals surface area contributed by atoms with Crippen molar-refractivity contribution in [2.45, 2.75) is 45.8 Å². The first-order valence-electron chi connectivity index (χ1n) is 9.19. The fourth-order valence-electron chi connectivity index (χ4n) is 3.51. The standard InChI is InChI=1S/C22H29NO2/c1-16(2)14-17-10-12-22(3,13-11-17)21-23-19(15-24-4)20(25-21)18-8-6-5-7-9-18/h5-12,16,19-20H,13-15H2,1-4H3. The van der Waals surface area contributed by atoms with Crippen LogP contribution in [-0.4, -0.2) is 25.7 Å². The molecule has 2 aliphatic rings. The molecule has 1 aliphatic carbocycles. The minimum absolute atomic E-state index is 0.00802. The Bertz CT molecular complexity index is 675. The number of methoxy groups -OCH3 is 1. The molecule has 0 radical (unpaired) electrons. The molecule has 3 heteroatoms. The van der Waals surface area contributed by atoms with Crippen molar-refractivity contribution in [3.05, 3.63) is 59.7 Å². The van der Waals surface area contributed by atoms with E-state index in [9.17, 15) is 0 Å². The van der Waals surface area contributed by atoms with Gasteiger partial charge >= 0.3 is 0 Å². The quantitative estimate of drug-likeness (QED) is 0.721. The highest BCUT2D eigenvalue weighted by Gasteiger charge is 2.40. The van der Waals surface area contributed by atoms with Crippen LogP contribution in [0.15, 0.2) is 59.1 Å². The normalized spacial score (nSPS) is 28.7. The third kappa shape index (κ3) is 4.04. The van der Waals surface area contributed by atoms with Crippen molar-refractivity contribution in [2.24, 2.45) is 16.3 Å². The first kappa shape index (κ1) is 17.9. The zero-order valence-electron chi connectivity index (χ0n) is 15.7. The molecule has 3 rings (SSSR count). The van der Waals surface area contributed by atoms with Crippen molar-refractivity contribution in [1.29, 1.82) is 0 Å². The van der Waals surface area contributed by atoms with Gasteiger partial charge in [0, 0.05) is 7.11 Å². The zero-order valence-corrected chi connectivity index (χ0v) is 15.7. The van der Waals surface area contributed by atoms with E-state index in [1.165, 1.54) is 5.57 Å². The predicted molar refractivity (Wildman–Crippen MR) is 103 cm³/mol. The fraction of sp³-hybridized carbons (Fsp3) is 0.500. The van der Waals surface area contributed by atoms with Crippen LogP contribution in [0.25, 0.3) is 0 Å². The third-order valence-corrected chi connectivity index (χ3v) is 4.92. The first-order valence-corrected chi connectivity index (χ1v) is 9.19. The van der Waals surface area contributed by atoms with Crippen LogP contribution >= 0.6 is 0 Å². The monoisotopic (exact) mass is 339 g/mol. The van der Waals surface area contributed by atoms with Gasteiger partial charge in [-0.05, 0) is 31.2 Å². The van der Waals surface area contributed by atoms with Crippen LogP contribution in [0.5, 0.6) is 0 Å². The Balaban J connectivity index is 1.78. The highest BCUT2D eigenvalue weighted by molar-refractivity contribution is 5.86. The van der Waals surface area contributed by atoms with E-state index in [0.717, 1.165) is 24.3 Å².